The van der Waals surface area contributed by atoms with E-state index in [4.69, 9.17) is 9.57 Å². The van der Waals surface area contributed by atoms with Gasteiger partial charge in [0.05, 0.1) is 6.54 Å². The van der Waals surface area contributed by atoms with E-state index in [1.54, 1.807) is 20.8 Å². The van der Waals surface area contributed by atoms with Crippen LogP contribution in [0.3, 0.4) is 0 Å². The molecule has 0 aliphatic carbocycles. The predicted octanol–water partition coefficient (Wildman–Crippen LogP) is 3.09. The molecule has 1 aromatic rings. The van der Waals surface area contributed by atoms with Crippen LogP contribution >= 0.6 is 0 Å². The van der Waals surface area contributed by atoms with E-state index >= 15 is 0 Å². The van der Waals surface area contributed by atoms with Crippen LogP contribution in [0, 0.1) is 11.8 Å². The molecule has 0 aliphatic rings. The van der Waals surface area contributed by atoms with Gasteiger partial charge in [-0.1, -0.05) is 43.2 Å². The first-order valence-electron chi connectivity index (χ1n) is 7.95. The first-order valence-corrected chi connectivity index (χ1v) is 7.95. The van der Waals surface area contributed by atoms with Crippen molar-refractivity contribution in [3.05, 3.63) is 35.9 Å². The molecule has 5 heteroatoms. The van der Waals surface area contributed by atoms with Gasteiger partial charge in [-0.25, -0.2) is 4.79 Å². The van der Waals surface area contributed by atoms with Crippen LogP contribution in [0.4, 0.5) is 0 Å². The van der Waals surface area contributed by atoms with Crippen molar-refractivity contribution in [1.29, 1.82) is 0 Å². The second-order valence-corrected chi connectivity index (χ2v) is 6.34. The smallest absolute Gasteiger partial charge is 0.384 e. The van der Waals surface area contributed by atoms with Crippen LogP contribution in [-0.2, 0) is 25.7 Å². The Bertz CT molecular complexity index is 608. The zero-order chi connectivity index (χ0) is 18.2. The molecule has 1 atom stereocenters. The van der Waals surface area contributed by atoms with Gasteiger partial charge in [0.25, 0.3) is 0 Å². The number of carbonyl (C=O) groups excluding carboxylic acids is 2. The maximum atomic E-state index is 11.8. The first kappa shape index (κ1) is 19.7. The number of hydroxylamine groups is 2. The predicted molar refractivity (Wildman–Crippen MR) is 91.5 cm³/mol. The van der Waals surface area contributed by atoms with Gasteiger partial charge < -0.3 is 9.57 Å². The van der Waals surface area contributed by atoms with Gasteiger partial charge in [-0.3, -0.25) is 4.79 Å². The summed E-state index contributed by atoms with van der Waals surface area (Å²) in [6, 6.07) is 9.21. The van der Waals surface area contributed by atoms with Crippen molar-refractivity contribution in [1.82, 2.24) is 5.06 Å². The summed E-state index contributed by atoms with van der Waals surface area (Å²) >= 11 is 0. The molecule has 0 amide bonds. The average Bonchev–Trinajstić information content (AvgIpc) is 2.46. The lowest BCUT2D eigenvalue weighted by Gasteiger charge is -2.25. The minimum Gasteiger partial charge on any atom is -0.450 e. The molecule has 0 radical (unpaired) electrons. The summed E-state index contributed by atoms with van der Waals surface area (Å²) in [5.74, 6) is 4.31. The summed E-state index contributed by atoms with van der Waals surface area (Å²) in [6.07, 6.45) is 0.593. The van der Waals surface area contributed by atoms with Gasteiger partial charge in [-0.05, 0) is 32.8 Å². The van der Waals surface area contributed by atoms with Crippen molar-refractivity contribution in [2.24, 2.45) is 0 Å². The second kappa shape index (κ2) is 9.09. The summed E-state index contributed by atoms with van der Waals surface area (Å²) in [6.45, 7) is 8.99. The minimum absolute atomic E-state index is 0.391. The molecule has 0 bridgehead atoms. The van der Waals surface area contributed by atoms with E-state index in [1.165, 1.54) is 12.0 Å². The third kappa shape index (κ3) is 7.80. The van der Waals surface area contributed by atoms with Crippen LogP contribution in [0.1, 0.15) is 46.6 Å². The number of nitrogens with zero attached hydrogens (tertiary/aromatic N) is 1. The van der Waals surface area contributed by atoms with Crippen LogP contribution in [0.25, 0.3) is 0 Å². The van der Waals surface area contributed by atoms with Crippen molar-refractivity contribution >= 4 is 11.9 Å². The number of rotatable bonds is 5. The Morgan fingerprint density at radius 3 is 2.33 bits per heavy atom. The van der Waals surface area contributed by atoms with Crippen molar-refractivity contribution in [3.8, 4) is 11.8 Å². The topological polar surface area (TPSA) is 55.8 Å². The molecule has 1 unspecified atom stereocenters. The fraction of sp³-hybridized carbons (Fsp3) is 0.474. The molecule has 0 heterocycles. The molecule has 0 saturated carbocycles. The van der Waals surface area contributed by atoms with E-state index in [0.29, 0.717) is 13.0 Å². The minimum atomic E-state index is -0.594. The molecule has 5 nitrogen and oxygen atoms in total. The largest absolute Gasteiger partial charge is 0.450 e. The van der Waals surface area contributed by atoms with Gasteiger partial charge in [0.1, 0.15) is 11.6 Å². The number of ether oxygens (including phenoxy) is 1. The highest BCUT2D eigenvalue weighted by molar-refractivity contribution is 5.88. The van der Waals surface area contributed by atoms with Crippen molar-refractivity contribution in [2.75, 3.05) is 0 Å². The SMILES string of the molecule is CCC(C#CC(=O)OC(C)(C)C)N(Cc1ccccc1)OC(C)=O. The maximum absolute atomic E-state index is 11.8. The number of carbonyl (C=O) groups is 2. The number of hydrogen-bond acceptors (Lipinski definition) is 5. The van der Waals surface area contributed by atoms with E-state index in [0.717, 1.165) is 5.56 Å². The Morgan fingerprint density at radius 2 is 1.83 bits per heavy atom. The normalized spacial score (nSPS) is 12.1. The fourth-order valence-corrected chi connectivity index (χ4v) is 1.96. The van der Waals surface area contributed by atoms with E-state index < -0.39 is 23.6 Å². The fourth-order valence-electron chi connectivity index (χ4n) is 1.96. The summed E-state index contributed by atoms with van der Waals surface area (Å²) in [5.41, 5.74) is 0.392. The summed E-state index contributed by atoms with van der Waals surface area (Å²) < 4.78 is 5.17. The Labute approximate surface area is 143 Å². The number of esters is 1. The van der Waals surface area contributed by atoms with Crippen LogP contribution in [0.5, 0.6) is 0 Å². The highest BCUT2D eigenvalue weighted by Crippen LogP contribution is 2.12. The zero-order valence-electron chi connectivity index (χ0n) is 15.0. The molecule has 0 fully saturated rings. The molecule has 0 aromatic heterocycles. The first-order chi connectivity index (χ1) is 11.2. The molecule has 0 spiro atoms. The summed E-state index contributed by atoms with van der Waals surface area (Å²) in [4.78, 5) is 28.4. The van der Waals surface area contributed by atoms with Gasteiger partial charge in [0.15, 0.2) is 0 Å². The van der Waals surface area contributed by atoms with Crippen LogP contribution < -0.4 is 0 Å². The Morgan fingerprint density at radius 1 is 1.21 bits per heavy atom. The number of benzene rings is 1. The van der Waals surface area contributed by atoms with Crippen molar-refractivity contribution < 1.29 is 19.2 Å². The van der Waals surface area contributed by atoms with Gasteiger partial charge in [-0.15, -0.1) is 5.06 Å². The van der Waals surface area contributed by atoms with E-state index in [-0.39, 0.29) is 0 Å². The lowest BCUT2D eigenvalue weighted by molar-refractivity contribution is -0.198. The quantitative estimate of drug-likeness (QED) is 0.359. The third-order valence-corrected chi connectivity index (χ3v) is 2.90. The molecule has 0 aliphatic heterocycles. The lowest BCUT2D eigenvalue weighted by Crippen LogP contribution is -2.35. The van der Waals surface area contributed by atoms with E-state index in [9.17, 15) is 9.59 Å². The molecule has 0 saturated heterocycles. The maximum Gasteiger partial charge on any atom is 0.384 e. The van der Waals surface area contributed by atoms with Gasteiger partial charge in [-0.2, -0.15) is 0 Å². The Balaban J connectivity index is 2.89. The van der Waals surface area contributed by atoms with E-state index in [1.807, 2.05) is 37.3 Å². The van der Waals surface area contributed by atoms with Gasteiger partial charge >= 0.3 is 11.9 Å². The van der Waals surface area contributed by atoms with Gasteiger partial charge in [0, 0.05) is 12.8 Å². The average molecular weight is 331 g/mol. The van der Waals surface area contributed by atoms with Crippen LogP contribution in [-0.4, -0.2) is 28.6 Å². The molecule has 130 valence electrons. The summed E-state index contributed by atoms with van der Waals surface area (Å²) in [7, 11) is 0. The monoisotopic (exact) mass is 331 g/mol. The molecular weight excluding hydrogens is 306 g/mol. The summed E-state index contributed by atoms with van der Waals surface area (Å²) in [5, 5.41) is 1.50. The lowest BCUT2D eigenvalue weighted by atomic mass is 10.1. The Hall–Kier alpha value is -2.32. The third-order valence-electron chi connectivity index (χ3n) is 2.90. The van der Waals surface area contributed by atoms with Crippen LogP contribution in [0.2, 0.25) is 0 Å². The molecular formula is C19H25NO4. The van der Waals surface area contributed by atoms with Gasteiger partial charge in [0.2, 0.25) is 0 Å². The number of hydrogen-bond donors (Lipinski definition) is 0. The standard InChI is InChI=1S/C19H25NO4/c1-6-17(12-13-18(22)23-19(3,4)5)20(24-15(2)21)14-16-10-8-7-9-11-16/h7-11,17H,6,14H2,1-5H3. The zero-order valence-corrected chi connectivity index (χ0v) is 15.0. The van der Waals surface area contributed by atoms with E-state index in [2.05, 4.69) is 11.8 Å². The molecule has 1 aromatic carbocycles. The van der Waals surface area contributed by atoms with Crippen molar-refractivity contribution in [2.45, 2.75) is 59.2 Å². The molecule has 0 N–H and O–H groups in total. The second-order valence-electron chi connectivity index (χ2n) is 6.34. The highest BCUT2D eigenvalue weighted by Gasteiger charge is 2.20. The van der Waals surface area contributed by atoms with Crippen molar-refractivity contribution in [3.63, 3.8) is 0 Å². The molecule has 24 heavy (non-hydrogen) atoms. The molecule has 1 rings (SSSR count). The highest BCUT2D eigenvalue weighted by atomic mass is 16.7. The van der Waals surface area contributed by atoms with Crippen LogP contribution in [0.15, 0.2) is 30.3 Å². The Kier molecular flexibility index (Phi) is 7.47.